The number of hydrogen-bond donors (Lipinski definition) is 2. The molecule has 6 heteroatoms. The van der Waals surface area contributed by atoms with Crippen LogP contribution in [0.5, 0.6) is 5.75 Å². The lowest BCUT2D eigenvalue weighted by atomic mass is 10.1. The van der Waals surface area contributed by atoms with E-state index < -0.39 is 6.10 Å². The summed E-state index contributed by atoms with van der Waals surface area (Å²) in [5.74, 6) is 0.118. The molecule has 96 valence electrons. The Kier molecular flexibility index (Phi) is 3.72. The van der Waals surface area contributed by atoms with E-state index in [1.54, 1.807) is 18.2 Å². The normalized spacial score (nSPS) is 16.7. The van der Waals surface area contributed by atoms with Crippen molar-refractivity contribution >= 4 is 23.4 Å². The van der Waals surface area contributed by atoms with Crippen LogP contribution < -0.4 is 15.4 Å². The quantitative estimate of drug-likeness (QED) is 0.839. The Balaban J connectivity index is 1.94. The van der Waals surface area contributed by atoms with Gasteiger partial charge in [0.2, 0.25) is 5.91 Å². The van der Waals surface area contributed by atoms with Gasteiger partial charge in [-0.3, -0.25) is 9.59 Å². The highest BCUT2D eigenvalue weighted by Gasteiger charge is 2.29. The van der Waals surface area contributed by atoms with Gasteiger partial charge in [0.15, 0.2) is 6.10 Å². The predicted molar refractivity (Wildman–Crippen MR) is 66.6 cm³/mol. The summed E-state index contributed by atoms with van der Waals surface area (Å²) in [6.07, 6.45) is -0.127. The van der Waals surface area contributed by atoms with Gasteiger partial charge in [-0.05, 0) is 23.8 Å². The molecule has 5 nitrogen and oxygen atoms in total. The van der Waals surface area contributed by atoms with Gasteiger partial charge in [-0.1, -0.05) is 11.6 Å². The Morgan fingerprint density at radius 3 is 3.00 bits per heavy atom. The SMILES string of the molecule is CNC(=O)CNC(=O)[C@@H]1Cc2cc(Cl)ccc2O1. The number of fused-ring (bicyclic) bond motifs is 1. The Morgan fingerprint density at radius 1 is 1.50 bits per heavy atom. The van der Waals surface area contributed by atoms with Crippen LogP contribution in [0.15, 0.2) is 18.2 Å². The summed E-state index contributed by atoms with van der Waals surface area (Å²) in [5, 5.41) is 5.55. The molecule has 0 aliphatic carbocycles. The first-order valence-electron chi connectivity index (χ1n) is 5.53. The van der Waals surface area contributed by atoms with Crippen molar-refractivity contribution in [3.05, 3.63) is 28.8 Å². The first kappa shape index (κ1) is 12.7. The first-order valence-corrected chi connectivity index (χ1v) is 5.91. The zero-order valence-electron chi connectivity index (χ0n) is 9.83. The van der Waals surface area contributed by atoms with Crippen LogP contribution in [0.2, 0.25) is 5.02 Å². The molecular weight excluding hydrogens is 256 g/mol. The van der Waals surface area contributed by atoms with Crippen molar-refractivity contribution in [2.45, 2.75) is 12.5 Å². The smallest absolute Gasteiger partial charge is 0.261 e. The van der Waals surface area contributed by atoms with Gasteiger partial charge in [-0.25, -0.2) is 0 Å². The molecule has 1 heterocycles. The molecule has 0 radical (unpaired) electrons. The van der Waals surface area contributed by atoms with Crippen molar-refractivity contribution in [2.24, 2.45) is 0 Å². The van der Waals surface area contributed by atoms with Crippen molar-refractivity contribution < 1.29 is 14.3 Å². The second-order valence-corrected chi connectivity index (χ2v) is 4.39. The molecule has 1 aromatic rings. The Bertz CT molecular complexity index is 490. The van der Waals surface area contributed by atoms with Gasteiger partial charge in [0.1, 0.15) is 5.75 Å². The molecule has 1 atom stereocenters. The number of nitrogens with one attached hydrogen (secondary N) is 2. The van der Waals surface area contributed by atoms with Gasteiger partial charge >= 0.3 is 0 Å². The van der Waals surface area contributed by atoms with E-state index in [2.05, 4.69) is 10.6 Å². The van der Waals surface area contributed by atoms with Crippen molar-refractivity contribution in [1.29, 1.82) is 0 Å². The summed E-state index contributed by atoms with van der Waals surface area (Å²) < 4.78 is 5.49. The maximum Gasteiger partial charge on any atom is 0.261 e. The molecule has 18 heavy (non-hydrogen) atoms. The van der Waals surface area contributed by atoms with Crippen LogP contribution in [0.25, 0.3) is 0 Å². The largest absolute Gasteiger partial charge is 0.480 e. The van der Waals surface area contributed by atoms with E-state index in [0.717, 1.165) is 5.56 Å². The van der Waals surface area contributed by atoms with Gasteiger partial charge in [-0.2, -0.15) is 0 Å². The lowest BCUT2D eigenvalue weighted by Crippen LogP contribution is -2.42. The molecule has 1 aromatic carbocycles. The lowest BCUT2D eigenvalue weighted by molar-refractivity contribution is -0.130. The zero-order valence-corrected chi connectivity index (χ0v) is 10.6. The van der Waals surface area contributed by atoms with Crippen LogP contribution in [0, 0.1) is 0 Å². The van der Waals surface area contributed by atoms with E-state index in [9.17, 15) is 9.59 Å². The van der Waals surface area contributed by atoms with Gasteiger partial charge < -0.3 is 15.4 Å². The van der Waals surface area contributed by atoms with Crippen LogP contribution in [0.3, 0.4) is 0 Å². The Morgan fingerprint density at radius 2 is 2.28 bits per heavy atom. The maximum atomic E-state index is 11.8. The standard InChI is InChI=1S/C12H13ClN2O3/c1-14-11(16)6-15-12(17)10-5-7-4-8(13)2-3-9(7)18-10/h2-4,10H,5-6H2,1H3,(H,14,16)(H,15,17)/t10-/m0/s1. The summed E-state index contributed by atoms with van der Waals surface area (Å²) >= 11 is 5.86. The number of carbonyl (C=O) groups is 2. The summed E-state index contributed by atoms with van der Waals surface area (Å²) in [4.78, 5) is 22.8. The fourth-order valence-electron chi connectivity index (χ4n) is 1.73. The first-order chi connectivity index (χ1) is 8.60. The van der Waals surface area contributed by atoms with Crippen LogP contribution >= 0.6 is 11.6 Å². The fraction of sp³-hybridized carbons (Fsp3) is 0.333. The molecule has 1 aliphatic rings. The number of halogens is 1. The molecule has 2 N–H and O–H groups in total. The molecule has 1 aliphatic heterocycles. The highest BCUT2D eigenvalue weighted by molar-refractivity contribution is 6.30. The predicted octanol–water partition coefficient (Wildman–Crippen LogP) is 0.506. The summed E-state index contributed by atoms with van der Waals surface area (Å²) in [6.45, 7) is -0.0493. The second-order valence-electron chi connectivity index (χ2n) is 3.95. The third-order valence-corrected chi connectivity index (χ3v) is 2.93. The van der Waals surface area contributed by atoms with E-state index >= 15 is 0 Å². The van der Waals surface area contributed by atoms with E-state index in [4.69, 9.17) is 16.3 Å². The number of benzene rings is 1. The average Bonchev–Trinajstić information content (AvgIpc) is 2.78. The molecule has 0 spiro atoms. The third-order valence-electron chi connectivity index (χ3n) is 2.69. The van der Waals surface area contributed by atoms with Gasteiger partial charge in [0.25, 0.3) is 5.91 Å². The Hall–Kier alpha value is -1.75. The van der Waals surface area contributed by atoms with E-state index in [0.29, 0.717) is 17.2 Å². The van der Waals surface area contributed by atoms with Crippen LogP contribution in [-0.4, -0.2) is 31.5 Å². The highest BCUT2D eigenvalue weighted by atomic mass is 35.5. The lowest BCUT2D eigenvalue weighted by Gasteiger charge is -2.10. The van der Waals surface area contributed by atoms with E-state index in [-0.39, 0.29) is 18.4 Å². The van der Waals surface area contributed by atoms with Crippen molar-refractivity contribution in [1.82, 2.24) is 10.6 Å². The molecule has 0 fully saturated rings. The van der Waals surface area contributed by atoms with Crippen molar-refractivity contribution in [3.63, 3.8) is 0 Å². The van der Waals surface area contributed by atoms with Crippen LogP contribution in [0.1, 0.15) is 5.56 Å². The number of ether oxygens (including phenoxy) is 1. The molecule has 2 amide bonds. The number of hydrogen-bond acceptors (Lipinski definition) is 3. The van der Waals surface area contributed by atoms with Gasteiger partial charge in [0, 0.05) is 18.5 Å². The molecule has 0 saturated heterocycles. The molecule has 0 saturated carbocycles. The molecule has 0 unspecified atom stereocenters. The average molecular weight is 269 g/mol. The number of carbonyl (C=O) groups excluding carboxylic acids is 2. The number of rotatable bonds is 3. The zero-order chi connectivity index (χ0) is 13.1. The molecule has 0 aromatic heterocycles. The fourth-order valence-corrected chi connectivity index (χ4v) is 1.93. The molecule has 0 bridgehead atoms. The second kappa shape index (κ2) is 5.27. The van der Waals surface area contributed by atoms with Crippen LogP contribution in [-0.2, 0) is 16.0 Å². The number of amides is 2. The van der Waals surface area contributed by atoms with E-state index in [1.807, 2.05) is 0 Å². The van der Waals surface area contributed by atoms with Crippen molar-refractivity contribution in [2.75, 3.05) is 13.6 Å². The van der Waals surface area contributed by atoms with E-state index in [1.165, 1.54) is 7.05 Å². The summed E-state index contributed by atoms with van der Waals surface area (Å²) in [6, 6.07) is 5.23. The maximum absolute atomic E-state index is 11.8. The molecule has 2 rings (SSSR count). The highest BCUT2D eigenvalue weighted by Crippen LogP contribution is 2.30. The van der Waals surface area contributed by atoms with Gasteiger partial charge in [0.05, 0.1) is 6.54 Å². The van der Waals surface area contributed by atoms with Crippen LogP contribution in [0.4, 0.5) is 0 Å². The minimum Gasteiger partial charge on any atom is -0.480 e. The minimum absolute atomic E-state index is 0.0493. The Labute approximate surface area is 109 Å². The van der Waals surface area contributed by atoms with Gasteiger partial charge in [-0.15, -0.1) is 0 Å². The minimum atomic E-state index is -0.594. The summed E-state index contributed by atoms with van der Waals surface area (Å²) in [5.41, 5.74) is 0.905. The number of likely N-dealkylation sites (N-methyl/N-ethyl adjacent to an activating group) is 1. The monoisotopic (exact) mass is 268 g/mol. The third kappa shape index (κ3) is 2.73. The summed E-state index contributed by atoms with van der Waals surface area (Å²) in [7, 11) is 1.51. The topological polar surface area (TPSA) is 67.4 Å². The molecular formula is C12H13ClN2O3. The van der Waals surface area contributed by atoms with Crippen molar-refractivity contribution in [3.8, 4) is 5.75 Å².